The van der Waals surface area contributed by atoms with E-state index in [1.165, 1.54) is 11.3 Å². The van der Waals surface area contributed by atoms with E-state index in [1.54, 1.807) is 17.9 Å². The fraction of sp³-hybridized carbons (Fsp3) is 0.750. The highest BCUT2D eigenvalue weighted by molar-refractivity contribution is 7.09. The van der Waals surface area contributed by atoms with E-state index in [9.17, 15) is 24.9 Å². The largest absolute Gasteiger partial charge is 0.455 e. The molecule has 2 saturated heterocycles. The predicted molar refractivity (Wildman–Crippen MR) is 144 cm³/mol. The smallest absolute Gasteiger partial charge is 0.306 e. The SMILES string of the molecule is CC(=Cc1csc(C)n1)C1OC(=O)CCC(C)(C)C(=O)C(C)CC(C)CCCC2N(CCO)C2(O)C1O. The summed E-state index contributed by atoms with van der Waals surface area (Å²) >= 11 is 1.49. The van der Waals surface area contributed by atoms with E-state index in [1.807, 2.05) is 33.1 Å². The van der Waals surface area contributed by atoms with E-state index >= 15 is 0 Å². The van der Waals surface area contributed by atoms with E-state index < -0.39 is 29.3 Å². The van der Waals surface area contributed by atoms with E-state index in [4.69, 9.17) is 4.74 Å². The Morgan fingerprint density at radius 2 is 2.00 bits per heavy atom. The zero-order valence-corrected chi connectivity index (χ0v) is 23.9. The molecule has 0 amide bonds. The summed E-state index contributed by atoms with van der Waals surface area (Å²) in [7, 11) is 0. The lowest BCUT2D eigenvalue weighted by Crippen LogP contribution is -2.46. The van der Waals surface area contributed by atoms with E-state index in [-0.39, 0.29) is 37.3 Å². The molecule has 0 aliphatic carbocycles. The van der Waals surface area contributed by atoms with Gasteiger partial charge in [0.15, 0.2) is 11.8 Å². The Balaban J connectivity index is 1.93. The van der Waals surface area contributed by atoms with Gasteiger partial charge in [-0.25, -0.2) is 4.98 Å². The molecular weight excluding hydrogens is 492 g/mol. The number of thiazole rings is 1. The quantitative estimate of drug-likeness (QED) is 0.394. The van der Waals surface area contributed by atoms with Gasteiger partial charge in [-0.2, -0.15) is 0 Å². The number of ether oxygens (including phenoxy) is 1. The Morgan fingerprint density at radius 1 is 1.30 bits per heavy atom. The van der Waals surface area contributed by atoms with Crippen molar-refractivity contribution in [3.05, 3.63) is 21.7 Å². The van der Waals surface area contributed by atoms with Gasteiger partial charge in [-0.05, 0) is 50.7 Å². The molecule has 1 aromatic heterocycles. The zero-order valence-electron chi connectivity index (χ0n) is 23.1. The van der Waals surface area contributed by atoms with Crippen LogP contribution in [0.3, 0.4) is 0 Å². The van der Waals surface area contributed by atoms with Crippen molar-refractivity contribution in [2.75, 3.05) is 13.2 Å². The van der Waals surface area contributed by atoms with Gasteiger partial charge in [0.25, 0.3) is 0 Å². The van der Waals surface area contributed by atoms with Gasteiger partial charge in [0.1, 0.15) is 11.9 Å². The topological polar surface area (TPSA) is 120 Å². The first kappa shape index (κ1) is 29.9. The van der Waals surface area contributed by atoms with Gasteiger partial charge in [0.2, 0.25) is 0 Å². The Morgan fingerprint density at radius 3 is 2.62 bits per heavy atom. The number of aliphatic hydroxyl groups is 3. The average molecular weight is 537 g/mol. The fourth-order valence-corrected chi connectivity index (χ4v) is 6.44. The number of aromatic nitrogens is 1. The molecule has 0 spiro atoms. The number of cyclic esters (lactones) is 1. The normalized spacial score (nSPS) is 36.1. The maximum absolute atomic E-state index is 13.2. The number of carbonyl (C=O) groups is 2. The number of hydrogen-bond acceptors (Lipinski definition) is 9. The summed E-state index contributed by atoms with van der Waals surface area (Å²) in [6.45, 7) is 11.6. The molecule has 2 aliphatic heterocycles. The monoisotopic (exact) mass is 536 g/mol. The van der Waals surface area contributed by atoms with Crippen molar-refractivity contribution in [3.63, 3.8) is 0 Å². The predicted octanol–water partition coefficient (Wildman–Crippen LogP) is 3.71. The van der Waals surface area contributed by atoms with Crippen LogP contribution in [0.4, 0.5) is 0 Å². The summed E-state index contributed by atoms with van der Waals surface area (Å²) in [5.74, 6) is -0.166. The highest BCUT2D eigenvalue weighted by Crippen LogP contribution is 2.47. The van der Waals surface area contributed by atoms with Gasteiger partial charge in [-0.3, -0.25) is 14.5 Å². The fourth-order valence-electron chi connectivity index (χ4n) is 5.87. The van der Waals surface area contributed by atoms with Crippen molar-refractivity contribution in [1.82, 2.24) is 9.88 Å². The molecule has 3 rings (SSSR count). The van der Waals surface area contributed by atoms with Crippen LogP contribution in [0, 0.1) is 24.2 Å². The van der Waals surface area contributed by atoms with Crippen molar-refractivity contribution >= 4 is 29.2 Å². The van der Waals surface area contributed by atoms with Crippen molar-refractivity contribution in [1.29, 1.82) is 0 Å². The Kier molecular flexibility index (Phi) is 9.72. The van der Waals surface area contributed by atoms with E-state index in [0.717, 1.165) is 24.3 Å². The number of aliphatic hydroxyl groups excluding tert-OH is 2. The minimum absolute atomic E-state index is 0.0233. The molecule has 2 aliphatic rings. The van der Waals surface area contributed by atoms with Crippen LogP contribution in [-0.4, -0.2) is 74.1 Å². The van der Waals surface area contributed by atoms with Crippen LogP contribution in [0.25, 0.3) is 6.08 Å². The van der Waals surface area contributed by atoms with Crippen molar-refractivity contribution in [2.45, 2.75) is 104 Å². The van der Waals surface area contributed by atoms with Crippen molar-refractivity contribution in [3.8, 4) is 0 Å². The number of β-amino-alcohol motifs (C(OH)–C–C–N with tert-alkyl or cyclic N) is 1. The summed E-state index contributed by atoms with van der Waals surface area (Å²) < 4.78 is 5.82. The molecule has 0 saturated carbocycles. The molecular formula is C28H44N2O6S. The molecule has 1 aromatic rings. The summed E-state index contributed by atoms with van der Waals surface area (Å²) in [4.78, 5) is 32.4. The lowest BCUT2D eigenvalue weighted by molar-refractivity contribution is -0.161. The molecule has 0 bridgehead atoms. The van der Waals surface area contributed by atoms with Crippen LogP contribution in [0.5, 0.6) is 0 Å². The standard InChI is InChI=1S/C28H44N2O6S/c1-17-8-7-9-22-28(35,30(22)12-13-31)26(34)24(18(2)15-21-16-37-20(4)29-21)36-23(32)10-11-27(5,6)25(33)19(3)14-17/h15-17,19,22,24,26,31,34-35H,7-14H2,1-6H3. The number of esters is 1. The van der Waals surface area contributed by atoms with Crippen molar-refractivity contribution in [2.24, 2.45) is 17.3 Å². The average Bonchev–Trinajstić information content (AvgIpc) is 3.16. The number of carbonyl (C=O) groups excluding carboxylic acids is 2. The molecule has 8 nitrogen and oxygen atoms in total. The van der Waals surface area contributed by atoms with Crippen LogP contribution in [-0.2, 0) is 14.3 Å². The summed E-state index contributed by atoms with van der Waals surface area (Å²) in [6.07, 6.45) is 2.71. The number of rotatable bonds is 4. The van der Waals surface area contributed by atoms with Gasteiger partial charge in [-0.15, -0.1) is 11.3 Å². The van der Waals surface area contributed by atoms with Gasteiger partial charge >= 0.3 is 5.97 Å². The Bertz CT molecular complexity index is 991. The third-order valence-corrected chi connectivity index (χ3v) is 8.83. The first-order valence-corrected chi connectivity index (χ1v) is 14.3. The second-order valence-corrected chi connectivity index (χ2v) is 12.7. The summed E-state index contributed by atoms with van der Waals surface area (Å²) in [5, 5.41) is 35.5. The lowest BCUT2D eigenvalue weighted by Gasteiger charge is -2.30. The van der Waals surface area contributed by atoms with Crippen LogP contribution in [0.2, 0.25) is 0 Å². The molecule has 7 unspecified atom stereocenters. The maximum Gasteiger partial charge on any atom is 0.306 e. The number of hydrogen-bond donors (Lipinski definition) is 3. The summed E-state index contributed by atoms with van der Waals surface area (Å²) in [6, 6.07) is -0.358. The third kappa shape index (κ3) is 6.87. The van der Waals surface area contributed by atoms with Crippen LogP contribution >= 0.6 is 11.3 Å². The molecule has 0 aromatic carbocycles. The van der Waals surface area contributed by atoms with E-state index in [0.29, 0.717) is 30.0 Å². The molecule has 7 atom stereocenters. The molecule has 3 N–H and O–H groups in total. The number of aryl methyl sites for hydroxylation is 1. The molecule has 2 fully saturated rings. The van der Waals surface area contributed by atoms with Gasteiger partial charge in [0, 0.05) is 29.7 Å². The lowest BCUT2D eigenvalue weighted by atomic mass is 9.75. The van der Waals surface area contributed by atoms with E-state index in [2.05, 4.69) is 11.9 Å². The number of ketones is 1. The number of nitrogens with zero attached hydrogens (tertiary/aromatic N) is 2. The minimum Gasteiger partial charge on any atom is -0.455 e. The molecule has 0 radical (unpaired) electrons. The first-order chi connectivity index (χ1) is 17.3. The molecule has 37 heavy (non-hydrogen) atoms. The van der Waals surface area contributed by atoms with Crippen LogP contribution in [0.15, 0.2) is 11.0 Å². The zero-order chi connectivity index (χ0) is 27.5. The van der Waals surface area contributed by atoms with Crippen LogP contribution in [0.1, 0.15) is 83.8 Å². The van der Waals surface area contributed by atoms with Crippen LogP contribution < -0.4 is 0 Å². The second-order valence-electron chi connectivity index (χ2n) is 11.7. The third-order valence-electron chi connectivity index (χ3n) is 8.04. The molecule has 3 heterocycles. The number of Topliss-reactive ketones (excluding diaryl/α,β-unsaturated/α-hetero) is 1. The molecule has 208 valence electrons. The van der Waals surface area contributed by atoms with Gasteiger partial charge in [0.05, 0.1) is 23.4 Å². The minimum atomic E-state index is -1.61. The first-order valence-electron chi connectivity index (χ1n) is 13.4. The highest BCUT2D eigenvalue weighted by Gasteiger charge is 2.67. The molecule has 9 heteroatoms. The second kappa shape index (κ2) is 12.0. The van der Waals surface area contributed by atoms with Gasteiger partial charge in [-0.1, -0.05) is 40.5 Å². The highest BCUT2D eigenvalue weighted by atomic mass is 32.1. The van der Waals surface area contributed by atoms with Gasteiger partial charge < -0.3 is 20.1 Å². The van der Waals surface area contributed by atoms with Crippen molar-refractivity contribution < 1.29 is 29.6 Å². The maximum atomic E-state index is 13.2. The Hall–Kier alpha value is -1.65. The summed E-state index contributed by atoms with van der Waals surface area (Å²) in [5.41, 5.74) is -1.03. The number of fused-ring (bicyclic) bond motifs is 1. The Labute approximate surface area is 224 Å².